The van der Waals surface area contributed by atoms with Crippen LogP contribution in [0.15, 0.2) is 46.6 Å². The number of esters is 1. The first-order valence-corrected chi connectivity index (χ1v) is 7.26. The van der Waals surface area contributed by atoms with Crippen LogP contribution in [-0.2, 0) is 4.74 Å². The quantitative estimate of drug-likeness (QED) is 0.755. The molecule has 21 heavy (non-hydrogen) atoms. The van der Waals surface area contributed by atoms with E-state index < -0.39 is 12.1 Å². The molecule has 106 valence electrons. The van der Waals surface area contributed by atoms with Gasteiger partial charge in [-0.05, 0) is 30.5 Å². The van der Waals surface area contributed by atoms with Gasteiger partial charge in [-0.25, -0.2) is 9.78 Å². The molecule has 0 amide bonds. The van der Waals surface area contributed by atoms with Crippen molar-refractivity contribution in [2.75, 3.05) is 0 Å². The van der Waals surface area contributed by atoms with E-state index in [1.165, 1.54) is 11.3 Å². The number of para-hydroxylation sites is 1. The highest BCUT2D eigenvalue weighted by atomic mass is 32.1. The molecule has 3 aromatic rings. The second kappa shape index (κ2) is 5.49. The first-order chi connectivity index (χ1) is 10.1. The average Bonchev–Trinajstić information content (AvgIpc) is 3.01. The summed E-state index contributed by atoms with van der Waals surface area (Å²) in [4.78, 5) is 31.4. The largest absolute Gasteiger partial charge is 0.450 e. The Hall–Kier alpha value is -2.47. The fourth-order valence-corrected chi connectivity index (χ4v) is 2.57. The molecule has 0 saturated heterocycles. The predicted molar refractivity (Wildman–Crippen MR) is 80.5 cm³/mol. The topological polar surface area (TPSA) is 72.0 Å². The van der Waals surface area contributed by atoms with Crippen LogP contribution in [0.25, 0.3) is 10.9 Å². The van der Waals surface area contributed by atoms with Crippen molar-refractivity contribution < 1.29 is 9.53 Å². The summed E-state index contributed by atoms with van der Waals surface area (Å²) in [6.45, 7) is 1.68. The molecule has 2 aromatic heterocycles. The smallest absolute Gasteiger partial charge is 0.349 e. The number of fused-ring (bicyclic) bond motifs is 1. The fourth-order valence-electron chi connectivity index (χ4n) is 1.97. The van der Waals surface area contributed by atoms with Crippen molar-refractivity contribution in [3.63, 3.8) is 0 Å². The number of ether oxygens (including phenoxy) is 1. The summed E-state index contributed by atoms with van der Waals surface area (Å²) in [5, 5.41) is 2.32. The Morgan fingerprint density at radius 3 is 2.86 bits per heavy atom. The van der Waals surface area contributed by atoms with Gasteiger partial charge < -0.3 is 9.72 Å². The molecule has 3 rings (SSSR count). The molecule has 0 bridgehead atoms. The third-order valence-electron chi connectivity index (χ3n) is 3.02. The lowest BCUT2D eigenvalue weighted by Crippen LogP contribution is -2.17. The number of nitrogens with zero attached hydrogens (tertiary/aromatic N) is 1. The summed E-state index contributed by atoms with van der Waals surface area (Å²) in [5.74, 6) is -0.0862. The zero-order valence-corrected chi connectivity index (χ0v) is 12.0. The van der Waals surface area contributed by atoms with Crippen molar-refractivity contribution in [2.45, 2.75) is 13.0 Å². The van der Waals surface area contributed by atoms with Gasteiger partial charge in [0.15, 0.2) is 11.9 Å². The standard InChI is InChI=1S/C15H12N2O3S/c1-9(20-15(19)12-7-4-8-21-12)13-16-11-6-3-2-5-10(11)14(18)17-13/h2-9H,1H3,(H,16,17,18)/t9-/m1/s1. The van der Waals surface area contributed by atoms with Crippen LogP contribution in [0.3, 0.4) is 0 Å². The minimum atomic E-state index is -0.628. The van der Waals surface area contributed by atoms with Crippen molar-refractivity contribution >= 4 is 28.2 Å². The molecule has 0 radical (unpaired) electrons. The number of hydrogen-bond acceptors (Lipinski definition) is 5. The molecule has 0 saturated carbocycles. The zero-order valence-electron chi connectivity index (χ0n) is 11.2. The zero-order chi connectivity index (χ0) is 14.8. The number of hydrogen-bond donors (Lipinski definition) is 1. The Balaban J connectivity index is 1.89. The molecule has 6 heteroatoms. The number of rotatable bonds is 3. The summed E-state index contributed by atoms with van der Waals surface area (Å²) in [7, 11) is 0. The van der Waals surface area contributed by atoms with Crippen molar-refractivity contribution in [1.29, 1.82) is 0 Å². The highest BCUT2D eigenvalue weighted by Crippen LogP contribution is 2.18. The van der Waals surface area contributed by atoms with Crippen molar-refractivity contribution in [2.24, 2.45) is 0 Å². The van der Waals surface area contributed by atoms with E-state index in [-0.39, 0.29) is 5.56 Å². The van der Waals surface area contributed by atoms with E-state index in [2.05, 4.69) is 9.97 Å². The first-order valence-electron chi connectivity index (χ1n) is 6.38. The van der Waals surface area contributed by atoms with Crippen molar-refractivity contribution in [1.82, 2.24) is 9.97 Å². The number of H-pyrrole nitrogens is 1. The van der Waals surface area contributed by atoms with Gasteiger partial charge in [0.2, 0.25) is 0 Å². The van der Waals surface area contributed by atoms with Crippen LogP contribution in [0.4, 0.5) is 0 Å². The number of thiophene rings is 1. The summed E-state index contributed by atoms with van der Waals surface area (Å²) in [6.07, 6.45) is -0.628. The van der Waals surface area contributed by atoms with Crippen LogP contribution in [-0.4, -0.2) is 15.9 Å². The molecule has 0 aliphatic heterocycles. The van der Waals surface area contributed by atoms with E-state index in [9.17, 15) is 9.59 Å². The average molecular weight is 300 g/mol. The molecule has 2 heterocycles. The van der Waals surface area contributed by atoms with E-state index in [1.54, 1.807) is 48.7 Å². The van der Waals surface area contributed by atoms with Gasteiger partial charge >= 0.3 is 5.97 Å². The Kier molecular flexibility index (Phi) is 3.53. The van der Waals surface area contributed by atoms with Crippen LogP contribution in [0.5, 0.6) is 0 Å². The van der Waals surface area contributed by atoms with Gasteiger partial charge in [-0.15, -0.1) is 11.3 Å². The lowest BCUT2D eigenvalue weighted by Gasteiger charge is -2.12. The highest BCUT2D eigenvalue weighted by molar-refractivity contribution is 7.11. The van der Waals surface area contributed by atoms with Gasteiger partial charge in [0.05, 0.1) is 10.9 Å². The summed E-state index contributed by atoms with van der Waals surface area (Å²) < 4.78 is 5.32. The van der Waals surface area contributed by atoms with Crippen LogP contribution in [0.1, 0.15) is 28.5 Å². The van der Waals surface area contributed by atoms with E-state index in [1.807, 2.05) is 0 Å². The molecule has 0 unspecified atom stereocenters. The molecule has 0 aliphatic rings. The molecule has 1 atom stereocenters. The van der Waals surface area contributed by atoms with Gasteiger partial charge in [0, 0.05) is 0 Å². The molecule has 0 aliphatic carbocycles. The number of nitrogens with one attached hydrogen (secondary N) is 1. The Morgan fingerprint density at radius 2 is 2.10 bits per heavy atom. The second-order valence-electron chi connectivity index (χ2n) is 4.49. The maximum absolute atomic E-state index is 12.0. The first kappa shape index (κ1) is 13.5. The monoisotopic (exact) mass is 300 g/mol. The molecule has 1 aromatic carbocycles. The van der Waals surface area contributed by atoms with Gasteiger partial charge in [-0.2, -0.15) is 0 Å². The third kappa shape index (κ3) is 2.71. The Bertz CT molecular complexity index is 840. The number of aromatic amines is 1. The Morgan fingerprint density at radius 1 is 1.29 bits per heavy atom. The number of benzene rings is 1. The SMILES string of the molecule is C[C@@H](OC(=O)c1cccs1)c1nc2ccccc2c(=O)[nH]1. The number of carbonyl (C=O) groups is 1. The maximum atomic E-state index is 12.0. The molecular formula is C15H12N2O3S. The van der Waals surface area contributed by atoms with E-state index in [4.69, 9.17) is 4.74 Å². The van der Waals surface area contributed by atoms with Crippen molar-refractivity contribution in [3.05, 3.63) is 62.8 Å². The Labute approximate surface area is 124 Å². The summed E-state index contributed by atoms with van der Waals surface area (Å²) >= 11 is 1.31. The van der Waals surface area contributed by atoms with Crippen molar-refractivity contribution in [3.8, 4) is 0 Å². The van der Waals surface area contributed by atoms with Gasteiger partial charge in [0.1, 0.15) is 4.88 Å². The molecule has 5 nitrogen and oxygen atoms in total. The molecule has 1 N–H and O–H groups in total. The van der Waals surface area contributed by atoms with E-state index in [0.717, 1.165) is 0 Å². The minimum Gasteiger partial charge on any atom is -0.450 e. The van der Waals surface area contributed by atoms with Crippen LogP contribution in [0, 0.1) is 0 Å². The number of aromatic nitrogens is 2. The van der Waals surface area contributed by atoms with E-state index >= 15 is 0 Å². The lowest BCUT2D eigenvalue weighted by atomic mass is 10.2. The normalized spacial score (nSPS) is 12.2. The van der Waals surface area contributed by atoms with Crippen LogP contribution < -0.4 is 5.56 Å². The predicted octanol–water partition coefficient (Wildman–Crippen LogP) is 2.90. The van der Waals surface area contributed by atoms with Crippen LogP contribution >= 0.6 is 11.3 Å². The lowest BCUT2D eigenvalue weighted by molar-refractivity contribution is 0.0326. The van der Waals surface area contributed by atoms with Gasteiger partial charge in [-0.1, -0.05) is 18.2 Å². The molecule has 0 spiro atoms. The van der Waals surface area contributed by atoms with Gasteiger partial charge in [-0.3, -0.25) is 4.79 Å². The highest BCUT2D eigenvalue weighted by Gasteiger charge is 2.17. The molecule has 0 fully saturated rings. The summed E-state index contributed by atoms with van der Waals surface area (Å²) in [6, 6.07) is 10.5. The second-order valence-corrected chi connectivity index (χ2v) is 5.44. The van der Waals surface area contributed by atoms with Gasteiger partial charge in [0.25, 0.3) is 5.56 Å². The third-order valence-corrected chi connectivity index (χ3v) is 3.87. The number of carbonyl (C=O) groups excluding carboxylic acids is 1. The van der Waals surface area contributed by atoms with Crippen LogP contribution in [0.2, 0.25) is 0 Å². The van der Waals surface area contributed by atoms with E-state index in [0.29, 0.717) is 21.6 Å². The minimum absolute atomic E-state index is 0.241. The summed E-state index contributed by atoms with van der Waals surface area (Å²) in [5.41, 5.74) is 0.338. The molecular weight excluding hydrogens is 288 g/mol. The fraction of sp³-hybridized carbons (Fsp3) is 0.133. The maximum Gasteiger partial charge on any atom is 0.349 e.